The second kappa shape index (κ2) is 9.52. The lowest BCUT2D eigenvalue weighted by Gasteiger charge is -2.27. The molecule has 1 fully saturated rings. The number of fused-ring (bicyclic) bond motifs is 1. The number of hydrogen-bond acceptors (Lipinski definition) is 4. The van der Waals surface area contributed by atoms with Gasteiger partial charge in [0.2, 0.25) is 0 Å². The summed E-state index contributed by atoms with van der Waals surface area (Å²) in [7, 11) is 1.39. The van der Waals surface area contributed by atoms with Crippen LogP contribution in [-0.4, -0.2) is 40.4 Å². The number of nitrogens with one attached hydrogen (secondary N) is 3. The van der Waals surface area contributed by atoms with Crippen molar-refractivity contribution >= 4 is 17.1 Å². The smallest absolute Gasteiger partial charge is 0.315 e. The zero-order valence-corrected chi connectivity index (χ0v) is 17.7. The van der Waals surface area contributed by atoms with Gasteiger partial charge in [0.05, 0.1) is 30.3 Å². The van der Waals surface area contributed by atoms with Crippen LogP contribution in [-0.2, 0) is 6.42 Å². The van der Waals surface area contributed by atoms with Gasteiger partial charge >= 0.3 is 6.03 Å². The van der Waals surface area contributed by atoms with E-state index in [0.717, 1.165) is 0 Å². The van der Waals surface area contributed by atoms with Crippen molar-refractivity contribution < 1.29 is 23.4 Å². The van der Waals surface area contributed by atoms with E-state index in [4.69, 9.17) is 4.74 Å². The summed E-state index contributed by atoms with van der Waals surface area (Å²) in [6.07, 6.45) is 2.65. The highest BCUT2D eigenvalue weighted by atomic mass is 19.1. The minimum Gasteiger partial charge on any atom is -0.494 e. The lowest BCUT2D eigenvalue weighted by atomic mass is 9.93. The van der Waals surface area contributed by atoms with Crippen LogP contribution in [0.5, 0.6) is 5.75 Å². The van der Waals surface area contributed by atoms with Crippen LogP contribution in [0, 0.1) is 11.6 Å². The average molecular weight is 444 g/mol. The first-order valence-electron chi connectivity index (χ1n) is 10.6. The number of aromatic amines is 1. The van der Waals surface area contributed by atoms with Crippen LogP contribution in [0.2, 0.25) is 0 Å². The minimum absolute atomic E-state index is 0.0257. The monoisotopic (exact) mass is 444 g/mol. The standard InChI is InChI=1S/C23H26F2N4O3/c1-32-21-9-2-13(10-17(21)25)11-20(22-27-18-8-3-14(24)12-19(18)28-22)29-23(31)26-15-4-6-16(30)7-5-15/h2-3,8-10,12,15-16,20,30H,4-7,11H2,1H3,(H,27,28)(H2,26,29,31)/t15-,16-,20-/m1/s1. The number of aliphatic hydroxyl groups is 1. The van der Waals surface area contributed by atoms with Crippen molar-refractivity contribution in [2.45, 2.75) is 50.3 Å². The number of carbonyl (C=O) groups excluding carboxylic acids is 1. The fourth-order valence-electron chi connectivity index (χ4n) is 4.06. The Morgan fingerprint density at radius 3 is 2.72 bits per heavy atom. The van der Waals surface area contributed by atoms with Crippen LogP contribution >= 0.6 is 0 Å². The number of halogens is 2. The number of urea groups is 1. The molecule has 4 rings (SSSR count). The molecule has 0 spiro atoms. The lowest BCUT2D eigenvalue weighted by Crippen LogP contribution is -2.45. The lowest BCUT2D eigenvalue weighted by molar-refractivity contribution is 0.117. The van der Waals surface area contributed by atoms with Crippen molar-refractivity contribution in [3.05, 3.63) is 59.4 Å². The molecule has 0 aliphatic heterocycles. The predicted octanol–water partition coefficient (Wildman–Crippen LogP) is 3.74. The van der Waals surface area contributed by atoms with E-state index in [2.05, 4.69) is 20.6 Å². The Bertz CT molecular complexity index is 1100. The molecule has 0 saturated heterocycles. The van der Waals surface area contributed by atoms with Crippen LogP contribution in [0.1, 0.15) is 43.1 Å². The third-order valence-electron chi connectivity index (χ3n) is 5.79. The van der Waals surface area contributed by atoms with E-state index in [9.17, 15) is 18.7 Å². The van der Waals surface area contributed by atoms with Crippen molar-refractivity contribution in [3.8, 4) is 5.75 Å². The van der Waals surface area contributed by atoms with Crippen LogP contribution in [0.15, 0.2) is 36.4 Å². The second-order valence-corrected chi connectivity index (χ2v) is 8.13. The third-order valence-corrected chi connectivity index (χ3v) is 5.79. The fraction of sp³-hybridized carbons (Fsp3) is 0.391. The number of benzene rings is 2. The second-order valence-electron chi connectivity index (χ2n) is 8.13. The number of imidazole rings is 1. The molecule has 1 aliphatic carbocycles. The molecule has 9 heteroatoms. The maximum absolute atomic E-state index is 14.2. The highest BCUT2D eigenvalue weighted by molar-refractivity contribution is 5.76. The fourth-order valence-corrected chi connectivity index (χ4v) is 4.06. The first kappa shape index (κ1) is 22.0. The first-order chi connectivity index (χ1) is 15.4. The maximum atomic E-state index is 14.2. The SMILES string of the molecule is COc1ccc(C[C@@H](NC(=O)N[C@H]2CC[C@H](O)CC2)c2nc3ccc(F)cc3[nH]2)cc1F. The van der Waals surface area contributed by atoms with Crippen molar-refractivity contribution in [3.63, 3.8) is 0 Å². The summed E-state index contributed by atoms with van der Waals surface area (Å²) >= 11 is 0. The summed E-state index contributed by atoms with van der Waals surface area (Å²) in [6, 6.07) is 7.81. The molecule has 0 unspecified atom stereocenters. The van der Waals surface area contributed by atoms with Gasteiger partial charge in [0.1, 0.15) is 11.6 Å². The van der Waals surface area contributed by atoms with Crippen molar-refractivity contribution in [2.75, 3.05) is 7.11 Å². The number of amides is 2. The maximum Gasteiger partial charge on any atom is 0.315 e. The van der Waals surface area contributed by atoms with Gasteiger partial charge in [-0.25, -0.2) is 18.6 Å². The number of aromatic nitrogens is 2. The molecule has 4 N–H and O–H groups in total. The molecule has 2 amide bonds. The molecule has 3 aromatic rings. The largest absolute Gasteiger partial charge is 0.494 e. The van der Waals surface area contributed by atoms with Gasteiger partial charge in [-0.2, -0.15) is 0 Å². The molecule has 1 aliphatic rings. The van der Waals surface area contributed by atoms with Crippen LogP contribution in [0.25, 0.3) is 11.0 Å². The van der Waals surface area contributed by atoms with Gasteiger partial charge in [0.15, 0.2) is 11.6 Å². The molecule has 0 bridgehead atoms. The summed E-state index contributed by atoms with van der Waals surface area (Å²) in [5.41, 5.74) is 1.71. The zero-order valence-electron chi connectivity index (χ0n) is 17.7. The minimum atomic E-state index is -0.604. The molecular formula is C23H26F2N4O3. The van der Waals surface area contributed by atoms with Crippen LogP contribution < -0.4 is 15.4 Å². The number of rotatable bonds is 6. The molecule has 0 radical (unpaired) electrons. The first-order valence-corrected chi connectivity index (χ1v) is 10.6. The Morgan fingerprint density at radius 1 is 1.22 bits per heavy atom. The summed E-state index contributed by atoms with van der Waals surface area (Å²) in [6.45, 7) is 0. The predicted molar refractivity (Wildman–Crippen MR) is 115 cm³/mol. The highest BCUT2D eigenvalue weighted by Gasteiger charge is 2.24. The Kier molecular flexibility index (Phi) is 6.55. The van der Waals surface area contributed by atoms with Gasteiger partial charge in [0, 0.05) is 12.5 Å². The Morgan fingerprint density at radius 2 is 2.00 bits per heavy atom. The molecule has 7 nitrogen and oxygen atoms in total. The molecule has 170 valence electrons. The summed E-state index contributed by atoms with van der Waals surface area (Å²) in [4.78, 5) is 20.3. The van der Waals surface area contributed by atoms with Gasteiger partial charge in [0.25, 0.3) is 0 Å². The topological polar surface area (TPSA) is 99.3 Å². The van der Waals surface area contributed by atoms with Crippen LogP contribution in [0.3, 0.4) is 0 Å². The van der Waals surface area contributed by atoms with E-state index in [0.29, 0.717) is 48.1 Å². The van der Waals surface area contributed by atoms with Crippen molar-refractivity contribution in [1.82, 2.24) is 20.6 Å². The van der Waals surface area contributed by atoms with E-state index < -0.39 is 17.7 Å². The third kappa shape index (κ3) is 5.16. The molecule has 1 saturated carbocycles. The van der Waals surface area contributed by atoms with E-state index in [1.165, 1.54) is 31.4 Å². The number of H-pyrrole nitrogens is 1. The van der Waals surface area contributed by atoms with Crippen molar-refractivity contribution in [1.29, 1.82) is 0 Å². The molecule has 1 aromatic heterocycles. The number of nitrogens with zero attached hydrogens (tertiary/aromatic N) is 1. The quantitative estimate of drug-likeness (QED) is 0.466. The molecule has 1 atom stereocenters. The highest BCUT2D eigenvalue weighted by Crippen LogP contribution is 2.24. The molecule has 2 aromatic carbocycles. The van der Waals surface area contributed by atoms with Gasteiger partial charge < -0.3 is 25.5 Å². The van der Waals surface area contributed by atoms with Crippen molar-refractivity contribution in [2.24, 2.45) is 0 Å². The summed E-state index contributed by atoms with van der Waals surface area (Å²) in [5, 5.41) is 15.5. The van der Waals surface area contributed by atoms with Gasteiger partial charge in [-0.3, -0.25) is 0 Å². The van der Waals surface area contributed by atoms with Gasteiger partial charge in [-0.05, 0) is 61.6 Å². The van der Waals surface area contributed by atoms with E-state index in [1.807, 2.05) is 0 Å². The number of methoxy groups -OCH3 is 1. The zero-order chi connectivity index (χ0) is 22.7. The Labute approximate surface area is 184 Å². The molecular weight excluding hydrogens is 418 g/mol. The van der Waals surface area contributed by atoms with E-state index in [-0.39, 0.29) is 30.3 Å². The Balaban J connectivity index is 1.55. The summed E-state index contributed by atoms with van der Waals surface area (Å²) in [5.74, 6) is -0.321. The van der Waals surface area contributed by atoms with Gasteiger partial charge in [-0.1, -0.05) is 6.07 Å². The van der Waals surface area contributed by atoms with E-state index in [1.54, 1.807) is 12.1 Å². The number of hydrogen-bond donors (Lipinski definition) is 4. The molecule has 32 heavy (non-hydrogen) atoms. The average Bonchev–Trinajstić information content (AvgIpc) is 3.18. The molecule has 1 heterocycles. The summed E-state index contributed by atoms with van der Waals surface area (Å²) < 4.78 is 32.8. The number of carbonyl (C=O) groups is 1. The normalized spacial score (nSPS) is 19.5. The number of aliphatic hydroxyl groups excluding tert-OH is 1. The van der Waals surface area contributed by atoms with E-state index >= 15 is 0 Å². The number of ether oxygens (including phenoxy) is 1. The Hall–Kier alpha value is -3.20. The van der Waals surface area contributed by atoms with Crippen LogP contribution in [0.4, 0.5) is 13.6 Å². The van der Waals surface area contributed by atoms with Gasteiger partial charge in [-0.15, -0.1) is 0 Å².